The van der Waals surface area contributed by atoms with E-state index in [9.17, 15) is 13.2 Å². The summed E-state index contributed by atoms with van der Waals surface area (Å²) < 4.78 is 32.9. The number of rotatable bonds is 9. The van der Waals surface area contributed by atoms with E-state index in [1.54, 1.807) is 12.1 Å². The van der Waals surface area contributed by atoms with Crippen molar-refractivity contribution in [2.24, 2.45) is 0 Å². The second-order valence-corrected chi connectivity index (χ2v) is 9.11. The first-order valence-corrected chi connectivity index (χ1v) is 11.5. The van der Waals surface area contributed by atoms with Gasteiger partial charge in [0.1, 0.15) is 5.75 Å². The number of benzene rings is 3. The first kappa shape index (κ1) is 22.8. The molecule has 31 heavy (non-hydrogen) atoms. The molecule has 0 saturated heterocycles. The molecular weight excluding hydrogens is 436 g/mol. The van der Waals surface area contributed by atoms with Crippen LogP contribution in [-0.4, -0.2) is 20.9 Å². The van der Waals surface area contributed by atoms with Gasteiger partial charge in [-0.25, -0.2) is 13.1 Å². The normalized spacial score (nSPS) is 12.2. The number of hydrogen-bond acceptors (Lipinski definition) is 4. The van der Waals surface area contributed by atoms with Crippen molar-refractivity contribution < 1.29 is 17.9 Å². The molecule has 0 saturated carbocycles. The number of hydrogen-bond donors (Lipinski definition) is 2. The van der Waals surface area contributed by atoms with Gasteiger partial charge in [-0.2, -0.15) is 0 Å². The quantitative estimate of drug-likeness (QED) is 0.506. The second kappa shape index (κ2) is 10.4. The molecule has 0 fully saturated rings. The molecule has 0 aliphatic rings. The monoisotopic (exact) mass is 458 g/mol. The number of carbonyl (C=O) groups is 1. The van der Waals surface area contributed by atoms with Gasteiger partial charge in [0, 0.05) is 11.6 Å². The molecule has 3 aromatic rings. The summed E-state index contributed by atoms with van der Waals surface area (Å²) in [6.45, 7) is 1.88. The summed E-state index contributed by atoms with van der Waals surface area (Å²) in [5.41, 5.74) is 1.79. The highest BCUT2D eigenvalue weighted by atomic mass is 35.5. The van der Waals surface area contributed by atoms with Gasteiger partial charge < -0.3 is 10.1 Å². The van der Waals surface area contributed by atoms with Crippen LogP contribution < -0.4 is 14.8 Å². The summed E-state index contributed by atoms with van der Waals surface area (Å²) in [6.07, 6.45) is 0. The summed E-state index contributed by atoms with van der Waals surface area (Å²) in [5, 5.41) is 3.47. The average Bonchev–Trinajstić information content (AvgIpc) is 2.78. The fraction of sp³-hybridized carbons (Fsp3) is 0.174. The molecule has 8 heteroatoms. The van der Waals surface area contributed by atoms with Crippen LogP contribution in [0.2, 0.25) is 5.02 Å². The zero-order chi connectivity index (χ0) is 22.3. The smallest absolute Gasteiger partial charge is 0.258 e. The maximum Gasteiger partial charge on any atom is 0.258 e. The van der Waals surface area contributed by atoms with E-state index in [1.807, 2.05) is 49.4 Å². The molecule has 2 N–H and O–H groups in total. The summed E-state index contributed by atoms with van der Waals surface area (Å²) in [7, 11) is -3.65. The molecule has 3 rings (SSSR count). The molecule has 0 radical (unpaired) electrons. The van der Waals surface area contributed by atoms with Gasteiger partial charge in [0.25, 0.3) is 5.91 Å². The number of ether oxygens (including phenoxy) is 1. The van der Waals surface area contributed by atoms with Crippen LogP contribution in [0.25, 0.3) is 0 Å². The predicted molar refractivity (Wildman–Crippen MR) is 120 cm³/mol. The first-order chi connectivity index (χ1) is 14.8. The lowest BCUT2D eigenvalue weighted by molar-refractivity contribution is -0.123. The molecule has 162 valence electrons. The van der Waals surface area contributed by atoms with Crippen LogP contribution in [0.3, 0.4) is 0 Å². The molecule has 0 bridgehead atoms. The lowest BCUT2D eigenvalue weighted by atomic mass is 10.1. The Morgan fingerprint density at radius 1 is 0.968 bits per heavy atom. The molecule has 6 nitrogen and oxygen atoms in total. The minimum Gasteiger partial charge on any atom is -0.484 e. The van der Waals surface area contributed by atoms with Crippen molar-refractivity contribution in [3.63, 3.8) is 0 Å². The maximum atomic E-state index is 12.4. The topological polar surface area (TPSA) is 84.5 Å². The van der Waals surface area contributed by atoms with Crippen LogP contribution in [-0.2, 0) is 21.4 Å². The molecule has 1 atom stereocenters. The Hall–Kier alpha value is -2.87. The van der Waals surface area contributed by atoms with E-state index >= 15 is 0 Å². The summed E-state index contributed by atoms with van der Waals surface area (Å²) in [4.78, 5) is 12.3. The van der Waals surface area contributed by atoms with Gasteiger partial charge in [-0.05, 0) is 54.4 Å². The van der Waals surface area contributed by atoms with Crippen LogP contribution in [0.4, 0.5) is 0 Å². The van der Waals surface area contributed by atoms with E-state index in [1.165, 1.54) is 24.3 Å². The predicted octanol–water partition coefficient (Wildman–Crippen LogP) is 4.07. The van der Waals surface area contributed by atoms with Gasteiger partial charge in [0.15, 0.2) is 6.61 Å². The highest BCUT2D eigenvalue weighted by molar-refractivity contribution is 7.89. The van der Waals surface area contributed by atoms with E-state index in [4.69, 9.17) is 16.3 Å². The minimum absolute atomic E-state index is 0.122. The van der Waals surface area contributed by atoms with Crippen LogP contribution in [0.5, 0.6) is 5.75 Å². The lowest BCUT2D eigenvalue weighted by Gasteiger charge is -2.15. The van der Waals surface area contributed by atoms with Gasteiger partial charge in [0.05, 0.1) is 10.9 Å². The zero-order valence-corrected chi connectivity index (χ0v) is 18.5. The van der Waals surface area contributed by atoms with E-state index in [0.29, 0.717) is 10.8 Å². The molecule has 1 unspecified atom stereocenters. The van der Waals surface area contributed by atoms with Crippen molar-refractivity contribution in [3.8, 4) is 5.75 Å². The van der Waals surface area contributed by atoms with Gasteiger partial charge in [-0.1, -0.05) is 54.1 Å². The number of nitrogens with one attached hydrogen (secondary N) is 2. The van der Waals surface area contributed by atoms with E-state index in [0.717, 1.165) is 11.1 Å². The van der Waals surface area contributed by atoms with E-state index in [2.05, 4.69) is 10.0 Å². The third-order valence-electron chi connectivity index (χ3n) is 4.56. The van der Waals surface area contributed by atoms with E-state index in [-0.39, 0.29) is 30.0 Å². The third-order valence-corrected chi connectivity index (χ3v) is 6.23. The van der Waals surface area contributed by atoms with Crippen molar-refractivity contribution in [3.05, 3.63) is 95.0 Å². The summed E-state index contributed by atoms with van der Waals surface area (Å²) in [6, 6.07) is 22.2. The Bertz CT molecular complexity index is 1100. The third kappa shape index (κ3) is 6.82. The Kier molecular flexibility index (Phi) is 7.68. The standard InChI is InChI=1S/C23H23ClN2O4S/c1-17(19-7-9-20(24)10-8-19)26-23(27)16-30-21-11-13-22(14-12-21)31(28,29)25-15-18-5-3-2-4-6-18/h2-14,17,25H,15-16H2,1H3,(H,26,27). The zero-order valence-electron chi connectivity index (χ0n) is 16.9. The molecule has 0 heterocycles. The Morgan fingerprint density at radius 2 is 1.61 bits per heavy atom. The number of sulfonamides is 1. The number of carbonyl (C=O) groups excluding carboxylic acids is 1. The maximum absolute atomic E-state index is 12.4. The molecule has 3 aromatic carbocycles. The SMILES string of the molecule is CC(NC(=O)COc1ccc(S(=O)(=O)NCc2ccccc2)cc1)c1ccc(Cl)cc1. The second-order valence-electron chi connectivity index (χ2n) is 6.91. The minimum atomic E-state index is -3.65. The molecule has 0 spiro atoms. The summed E-state index contributed by atoms with van der Waals surface area (Å²) in [5.74, 6) is 0.111. The van der Waals surface area contributed by atoms with Crippen LogP contribution in [0.15, 0.2) is 83.8 Å². The van der Waals surface area contributed by atoms with Gasteiger partial charge in [-0.3, -0.25) is 4.79 Å². The van der Waals surface area contributed by atoms with Crippen molar-refractivity contribution in [1.82, 2.24) is 10.0 Å². The molecule has 0 aromatic heterocycles. The highest BCUT2D eigenvalue weighted by Crippen LogP contribution is 2.18. The fourth-order valence-electron chi connectivity index (χ4n) is 2.84. The average molecular weight is 459 g/mol. The Morgan fingerprint density at radius 3 is 2.26 bits per heavy atom. The van der Waals surface area contributed by atoms with Crippen LogP contribution in [0.1, 0.15) is 24.1 Å². The fourth-order valence-corrected chi connectivity index (χ4v) is 3.98. The number of amides is 1. The van der Waals surface area contributed by atoms with Gasteiger partial charge in [0.2, 0.25) is 10.0 Å². The highest BCUT2D eigenvalue weighted by Gasteiger charge is 2.14. The molecule has 0 aliphatic carbocycles. The number of halogens is 1. The first-order valence-electron chi connectivity index (χ1n) is 9.65. The van der Waals surface area contributed by atoms with Crippen LogP contribution >= 0.6 is 11.6 Å². The largest absolute Gasteiger partial charge is 0.484 e. The Balaban J connectivity index is 1.50. The lowest BCUT2D eigenvalue weighted by Crippen LogP contribution is -2.31. The molecule has 0 aliphatic heterocycles. The van der Waals surface area contributed by atoms with Crippen molar-refractivity contribution in [1.29, 1.82) is 0 Å². The van der Waals surface area contributed by atoms with Crippen molar-refractivity contribution in [2.45, 2.75) is 24.4 Å². The van der Waals surface area contributed by atoms with Gasteiger partial charge in [-0.15, -0.1) is 0 Å². The molecule has 1 amide bonds. The van der Waals surface area contributed by atoms with E-state index < -0.39 is 10.0 Å². The van der Waals surface area contributed by atoms with Crippen molar-refractivity contribution >= 4 is 27.5 Å². The Labute approximate surface area is 187 Å². The van der Waals surface area contributed by atoms with Crippen molar-refractivity contribution in [2.75, 3.05) is 6.61 Å². The van der Waals surface area contributed by atoms with Crippen LogP contribution in [0, 0.1) is 0 Å². The van der Waals surface area contributed by atoms with Gasteiger partial charge >= 0.3 is 0 Å². The summed E-state index contributed by atoms with van der Waals surface area (Å²) >= 11 is 5.88. The molecular formula is C23H23ClN2O4S.